The number of carboxylic acid groups (broad SMARTS) is 1. The summed E-state index contributed by atoms with van der Waals surface area (Å²) in [7, 11) is -4.41. The molecule has 0 aliphatic heterocycles. The molecule has 0 bridgehead atoms. The maximum atomic E-state index is 12.6. The highest BCUT2D eigenvalue weighted by Crippen LogP contribution is 2.31. The van der Waals surface area contributed by atoms with Gasteiger partial charge in [-0.05, 0) is 31.5 Å². The van der Waals surface area contributed by atoms with Gasteiger partial charge in [-0.3, -0.25) is 0 Å². The first kappa shape index (κ1) is 18.4. The van der Waals surface area contributed by atoms with Gasteiger partial charge in [-0.25, -0.2) is 17.9 Å². The van der Waals surface area contributed by atoms with Gasteiger partial charge in [-0.1, -0.05) is 6.07 Å². The summed E-state index contributed by atoms with van der Waals surface area (Å²) in [5, 5.41) is 18.1. The SMILES string of the molecule is Cc1ccc(C(F)(F)F)cc1S(=O)(=O)NCC(C)(O)C(=O)O. The Kier molecular flexibility index (Phi) is 4.90. The first-order valence-corrected chi connectivity index (χ1v) is 7.39. The first-order valence-electron chi connectivity index (χ1n) is 5.91. The van der Waals surface area contributed by atoms with Crippen LogP contribution in [0.3, 0.4) is 0 Å². The molecule has 1 unspecified atom stereocenters. The van der Waals surface area contributed by atoms with Crippen LogP contribution < -0.4 is 4.72 Å². The Bertz CT molecular complexity index is 682. The summed E-state index contributed by atoms with van der Waals surface area (Å²) in [4.78, 5) is 10.1. The maximum Gasteiger partial charge on any atom is 0.416 e. The molecule has 0 fully saturated rings. The molecule has 124 valence electrons. The second kappa shape index (κ2) is 5.86. The van der Waals surface area contributed by atoms with Gasteiger partial charge < -0.3 is 10.2 Å². The lowest BCUT2D eigenvalue weighted by Crippen LogP contribution is -2.46. The van der Waals surface area contributed by atoms with Crippen LogP contribution in [0.25, 0.3) is 0 Å². The van der Waals surface area contributed by atoms with Crippen molar-refractivity contribution in [2.75, 3.05) is 6.54 Å². The van der Waals surface area contributed by atoms with E-state index in [0.29, 0.717) is 6.07 Å². The van der Waals surface area contributed by atoms with Crippen LogP contribution in [0, 0.1) is 6.92 Å². The summed E-state index contributed by atoms with van der Waals surface area (Å²) in [6, 6.07) is 2.18. The highest BCUT2D eigenvalue weighted by Gasteiger charge is 2.34. The van der Waals surface area contributed by atoms with Crippen LogP contribution in [-0.4, -0.2) is 36.7 Å². The summed E-state index contributed by atoms with van der Waals surface area (Å²) in [5.74, 6) is -1.67. The van der Waals surface area contributed by atoms with Gasteiger partial charge in [-0.15, -0.1) is 0 Å². The molecule has 0 aromatic heterocycles. The van der Waals surface area contributed by atoms with E-state index in [1.807, 2.05) is 0 Å². The van der Waals surface area contributed by atoms with Gasteiger partial charge in [0.15, 0.2) is 5.60 Å². The Morgan fingerprint density at radius 2 is 1.86 bits per heavy atom. The third-order valence-corrected chi connectivity index (χ3v) is 4.42. The zero-order valence-electron chi connectivity index (χ0n) is 11.6. The van der Waals surface area contributed by atoms with Crippen molar-refractivity contribution in [3.8, 4) is 0 Å². The summed E-state index contributed by atoms with van der Waals surface area (Å²) in [5.41, 5.74) is -3.48. The molecule has 0 aliphatic carbocycles. The van der Waals surface area contributed by atoms with Gasteiger partial charge in [0.2, 0.25) is 10.0 Å². The minimum atomic E-state index is -4.72. The second-order valence-corrected chi connectivity index (χ2v) is 6.62. The number of halogens is 3. The largest absolute Gasteiger partial charge is 0.479 e. The lowest BCUT2D eigenvalue weighted by atomic mass is 10.1. The number of rotatable bonds is 5. The van der Waals surface area contributed by atoms with E-state index in [4.69, 9.17) is 5.11 Å². The van der Waals surface area contributed by atoms with Crippen molar-refractivity contribution < 1.29 is 36.6 Å². The standard InChI is InChI=1S/C12H14F3NO5S/c1-7-3-4-8(12(13,14)15)5-9(7)22(20,21)16-6-11(2,19)10(17)18/h3-5,16,19H,6H2,1-2H3,(H,17,18). The minimum Gasteiger partial charge on any atom is -0.479 e. The summed E-state index contributed by atoms with van der Waals surface area (Å²) < 4.78 is 63.7. The van der Waals surface area contributed by atoms with E-state index >= 15 is 0 Å². The van der Waals surface area contributed by atoms with Crippen molar-refractivity contribution in [3.63, 3.8) is 0 Å². The predicted molar refractivity (Wildman–Crippen MR) is 69.6 cm³/mol. The Hall–Kier alpha value is -1.65. The zero-order valence-corrected chi connectivity index (χ0v) is 12.4. The van der Waals surface area contributed by atoms with Crippen molar-refractivity contribution in [2.45, 2.75) is 30.5 Å². The lowest BCUT2D eigenvalue weighted by molar-refractivity contribution is -0.155. The number of benzene rings is 1. The van der Waals surface area contributed by atoms with Crippen LogP contribution in [0.5, 0.6) is 0 Å². The van der Waals surface area contributed by atoms with Crippen molar-refractivity contribution in [2.24, 2.45) is 0 Å². The number of hydrogen-bond donors (Lipinski definition) is 3. The maximum absolute atomic E-state index is 12.6. The molecule has 0 radical (unpaired) electrons. The van der Waals surface area contributed by atoms with E-state index in [2.05, 4.69) is 0 Å². The molecule has 1 aromatic rings. The first-order chi connectivity index (χ1) is 9.77. The highest BCUT2D eigenvalue weighted by atomic mass is 32.2. The number of carboxylic acids is 1. The van der Waals surface area contributed by atoms with Crippen LogP contribution in [0.1, 0.15) is 18.1 Å². The number of alkyl halides is 3. The molecule has 0 aliphatic rings. The number of aryl methyl sites for hydroxylation is 1. The van der Waals surface area contributed by atoms with Crippen molar-refractivity contribution in [1.82, 2.24) is 4.72 Å². The number of aliphatic hydroxyl groups is 1. The summed E-state index contributed by atoms with van der Waals surface area (Å²) in [6.45, 7) is 1.27. The Morgan fingerprint density at radius 3 is 2.32 bits per heavy atom. The van der Waals surface area contributed by atoms with Crippen LogP contribution in [-0.2, 0) is 21.0 Å². The van der Waals surface area contributed by atoms with E-state index in [1.165, 1.54) is 6.92 Å². The van der Waals surface area contributed by atoms with E-state index in [1.54, 1.807) is 4.72 Å². The summed E-state index contributed by atoms with van der Waals surface area (Å²) in [6.07, 6.45) is -4.72. The molecule has 22 heavy (non-hydrogen) atoms. The fraction of sp³-hybridized carbons (Fsp3) is 0.417. The molecular weight excluding hydrogens is 327 g/mol. The number of hydrogen-bond acceptors (Lipinski definition) is 4. The molecule has 0 saturated heterocycles. The van der Waals surface area contributed by atoms with Gasteiger partial charge in [-0.2, -0.15) is 13.2 Å². The normalized spacial score (nSPS) is 15.4. The van der Waals surface area contributed by atoms with Crippen LogP contribution in [0.4, 0.5) is 13.2 Å². The molecule has 1 rings (SSSR count). The molecule has 6 nitrogen and oxygen atoms in total. The van der Waals surface area contributed by atoms with Crippen LogP contribution >= 0.6 is 0 Å². The Morgan fingerprint density at radius 1 is 1.32 bits per heavy atom. The lowest BCUT2D eigenvalue weighted by Gasteiger charge is -2.19. The molecule has 0 spiro atoms. The van der Waals surface area contributed by atoms with E-state index < -0.39 is 44.8 Å². The second-order valence-electron chi connectivity index (χ2n) is 4.88. The molecule has 0 amide bonds. The van der Waals surface area contributed by atoms with Gasteiger partial charge in [0.1, 0.15) is 0 Å². The number of carbonyl (C=O) groups is 1. The monoisotopic (exact) mass is 341 g/mol. The zero-order chi connectivity index (χ0) is 17.3. The van der Waals surface area contributed by atoms with Crippen molar-refractivity contribution in [3.05, 3.63) is 29.3 Å². The fourth-order valence-electron chi connectivity index (χ4n) is 1.45. The molecular formula is C12H14F3NO5S. The smallest absolute Gasteiger partial charge is 0.416 e. The van der Waals surface area contributed by atoms with Gasteiger partial charge in [0.05, 0.1) is 17.0 Å². The third-order valence-electron chi connectivity index (χ3n) is 2.87. The molecule has 1 aromatic carbocycles. The quantitative estimate of drug-likeness (QED) is 0.745. The highest BCUT2D eigenvalue weighted by molar-refractivity contribution is 7.89. The van der Waals surface area contributed by atoms with Gasteiger partial charge in [0.25, 0.3) is 0 Å². The number of aliphatic carboxylic acids is 1. The molecule has 3 N–H and O–H groups in total. The Labute approximate surface area is 124 Å². The van der Waals surface area contributed by atoms with Gasteiger partial charge >= 0.3 is 12.1 Å². The average molecular weight is 341 g/mol. The van der Waals surface area contributed by atoms with E-state index in [-0.39, 0.29) is 5.56 Å². The molecule has 1 atom stereocenters. The molecule has 10 heteroatoms. The van der Waals surface area contributed by atoms with Gasteiger partial charge in [0, 0.05) is 0 Å². The van der Waals surface area contributed by atoms with Crippen molar-refractivity contribution in [1.29, 1.82) is 0 Å². The topological polar surface area (TPSA) is 104 Å². The predicted octanol–water partition coefficient (Wildman–Crippen LogP) is 1.13. The average Bonchev–Trinajstić information content (AvgIpc) is 2.35. The fourth-order valence-corrected chi connectivity index (χ4v) is 2.86. The number of nitrogens with one attached hydrogen (secondary N) is 1. The minimum absolute atomic E-state index is 0.0514. The van der Waals surface area contributed by atoms with Crippen molar-refractivity contribution >= 4 is 16.0 Å². The van der Waals surface area contributed by atoms with E-state index in [0.717, 1.165) is 19.1 Å². The van der Waals surface area contributed by atoms with Crippen LogP contribution in [0.2, 0.25) is 0 Å². The summed E-state index contributed by atoms with van der Waals surface area (Å²) >= 11 is 0. The Balaban J connectivity index is 3.16. The van der Waals surface area contributed by atoms with E-state index in [9.17, 15) is 31.5 Å². The number of sulfonamides is 1. The molecule has 0 saturated carbocycles. The van der Waals surface area contributed by atoms with Crippen LogP contribution in [0.15, 0.2) is 23.1 Å². The third kappa shape index (κ3) is 4.18. The molecule has 0 heterocycles.